The van der Waals surface area contributed by atoms with Crippen LogP contribution < -0.4 is 4.72 Å². The lowest BCUT2D eigenvalue weighted by Crippen LogP contribution is -2.18. The lowest BCUT2D eigenvalue weighted by atomic mass is 10.2. The standard InChI is InChI=1S/C12H6Cl2F4N4S/c13-9-6(15)2-1-5-8(4-19-10(5)9)23-21-7-3-20-22(11(7)14)12(16,17)18/h1-4,19,21H. The Morgan fingerprint density at radius 3 is 2.65 bits per heavy atom. The molecule has 0 radical (unpaired) electrons. The van der Waals surface area contributed by atoms with E-state index in [1.54, 1.807) is 6.20 Å². The van der Waals surface area contributed by atoms with Crippen LogP contribution in [0, 0.1) is 5.82 Å². The SMILES string of the molecule is Fc1ccc2c(SNc3cnn(C(F)(F)F)c3Cl)c[nH]c2c1Cl. The van der Waals surface area contributed by atoms with Gasteiger partial charge in [0.1, 0.15) is 16.5 Å². The third-order valence-corrected chi connectivity index (χ3v) is 4.54. The molecule has 0 fully saturated rings. The first-order valence-corrected chi connectivity index (χ1v) is 7.55. The molecule has 0 aliphatic rings. The summed E-state index contributed by atoms with van der Waals surface area (Å²) in [6.07, 6.45) is -2.19. The van der Waals surface area contributed by atoms with E-state index in [4.69, 9.17) is 23.2 Å². The predicted molar refractivity (Wildman–Crippen MR) is 81.3 cm³/mol. The number of fused-ring (bicyclic) bond motifs is 1. The molecule has 23 heavy (non-hydrogen) atoms. The highest BCUT2D eigenvalue weighted by atomic mass is 35.5. The number of aromatic amines is 1. The number of hydrogen-bond acceptors (Lipinski definition) is 3. The third kappa shape index (κ3) is 2.96. The Morgan fingerprint density at radius 2 is 2.00 bits per heavy atom. The Balaban J connectivity index is 1.85. The maximum absolute atomic E-state index is 13.4. The number of hydrogen-bond donors (Lipinski definition) is 2. The summed E-state index contributed by atoms with van der Waals surface area (Å²) >= 11 is 12.5. The van der Waals surface area contributed by atoms with Gasteiger partial charge in [0.15, 0.2) is 5.15 Å². The molecule has 2 heterocycles. The maximum Gasteiger partial charge on any atom is 0.505 e. The number of nitrogens with one attached hydrogen (secondary N) is 2. The number of aromatic nitrogens is 3. The van der Waals surface area contributed by atoms with Gasteiger partial charge in [0, 0.05) is 11.6 Å². The molecule has 0 bridgehead atoms. The van der Waals surface area contributed by atoms with Gasteiger partial charge in [0.2, 0.25) is 0 Å². The van der Waals surface area contributed by atoms with Crippen LogP contribution in [0.5, 0.6) is 0 Å². The number of rotatable bonds is 3. The molecule has 0 saturated carbocycles. The second-order valence-corrected chi connectivity index (χ2v) is 5.95. The summed E-state index contributed by atoms with van der Waals surface area (Å²) in [5.41, 5.74) is 0.393. The van der Waals surface area contributed by atoms with Crippen molar-refractivity contribution in [2.24, 2.45) is 0 Å². The zero-order chi connectivity index (χ0) is 16.8. The van der Waals surface area contributed by atoms with Crippen LogP contribution in [0.2, 0.25) is 10.2 Å². The summed E-state index contributed by atoms with van der Waals surface area (Å²) in [5, 5.41) is 3.15. The van der Waals surface area contributed by atoms with Crippen LogP contribution in [0.3, 0.4) is 0 Å². The van der Waals surface area contributed by atoms with Crippen LogP contribution in [0.15, 0.2) is 29.4 Å². The van der Waals surface area contributed by atoms with E-state index in [9.17, 15) is 17.6 Å². The van der Waals surface area contributed by atoms with Gasteiger partial charge in [-0.2, -0.15) is 9.78 Å². The summed E-state index contributed by atoms with van der Waals surface area (Å²) < 4.78 is 53.6. The van der Waals surface area contributed by atoms with Gasteiger partial charge >= 0.3 is 6.30 Å². The van der Waals surface area contributed by atoms with Gasteiger partial charge in [0.05, 0.1) is 16.6 Å². The molecule has 1 aromatic carbocycles. The van der Waals surface area contributed by atoms with Crippen LogP contribution in [0.4, 0.5) is 23.2 Å². The Bertz CT molecular complexity index is 874. The zero-order valence-electron chi connectivity index (χ0n) is 10.9. The summed E-state index contributed by atoms with van der Waals surface area (Å²) in [6, 6.07) is 2.72. The van der Waals surface area contributed by atoms with E-state index in [1.165, 1.54) is 12.1 Å². The fraction of sp³-hybridized carbons (Fsp3) is 0.0833. The summed E-state index contributed by atoms with van der Waals surface area (Å²) in [6.45, 7) is 0. The van der Waals surface area contributed by atoms with Crippen molar-refractivity contribution in [3.8, 4) is 0 Å². The molecule has 0 atom stereocenters. The molecule has 122 valence electrons. The molecule has 0 unspecified atom stereocenters. The highest BCUT2D eigenvalue weighted by molar-refractivity contribution is 8.00. The fourth-order valence-corrected chi connectivity index (χ4v) is 3.16. The normalized spacial score (nSPS) is 12.1. The van der Waals surface area contributed by atoms with Crippen LogP contribution >= 0.6 is 35.1 Å². The topological polar surface area (TPSA) is 45.6 Å². The van der Waals surface area contributed by atoms with E-state index in [2.05, 4.69) is 14.8 Å². The van der Waals surface area contributed by atoms with Crippen molar-refractivity contribution in [3.05, 3.63) is 40.5 Å². The van der Waals surface area contributed by atoms with Crippen molar-refractivity contribution < 1.29 is 17.6 Å². The quantitative estimate of drug-likeness (QED) is 0.469. The summed E-state index contributed by atoms with van der Waals surface area (Å²) in [4.78, 5) is 3.42. The minimum atomic E-state index is -4.70. The average Bonchev–Trinajstić information content (AvgIpc) is 3.04. The van der Waals surface area contributed by atoms with Gasteiger partial charge in [-0.25, -0.2) is 4.39 Å². The number of nitrogens with zero attached hydrogens (tertiary/aromatic N) is 2. The first-order chi connectivity index (χ1) is 10.8. The molecule has 3 rings (SSSR count). The van der Waals surface area contributed by atoms with Crippen LogP contribution in [0.1, 0.15) is 0 Å². The van der Waals surface area contributed by atoms with Gasteiger partial charge < -0.3 is 9.71 Å². The van der Waals surface area contributed by atoms with Gasteiger partial charge in [-0.1, -0.05) is 23.2 Å². The Kier molecular flexibility index (Phi) is 4.11. The van der Waals surface area contributed by atoms with Gasteiger partial charge in [0.25, 0.3) is 0 Å². The zero-order valence-corrected chi connectivity index (χ0v) is 13.2. The molecule has 0 amide bonds. The lowest BCUT2D eigenvalue weighted by molar-refractivity contribution is -0.212. The predicted octanol–water partition coefficient (Wildman–Crippen LogP) is 5.41. The number of halogens is 6. The Morgan fingerprint density at radius 1 is 1.26 bits per heavy atom. The van der Waals surface area contributed by atoms with Crippen molar-refractivity contribution in [1.29, 1.82) is 0 Å². The minimum absolute atomic E-state index is 0.00319. The van der Waals surface area contributed by atoms with Gasteiger partial charge in [-0.15, -0.1) is 13.2 Å². The van der Waals surface area contributed by atoms with E-state index >= 15 is 0 Å². The minimum Gasteiger partial charge on any atom is -0.359 e. The highest BCUT2D eigenvalue weighted by Gasteiger charge is 2.35. The van der Waals surface area contributed by atoms with E-state index in [-0.39, 0.29) is 15.4 Å². The van der Waals surface area contributed by atoms with Gasteiger partial charge in [-0.05, 0) is 24.1 Å². The van der Waals surface area contributed by atoms with Crippen LogP contribution in [0.25, 0.3) is 10.9 Å². The number of alkyl halides is 3. The van der Waals surface area contributed by atoms with Crippen molar-refractivity contribution in [2.45, 2.75) is 11.2 Å². The summed E-state index contributed by atoms with van der Waals surface area (Å²) in [7, 11) is 0. The molecular weight excluding hydrogens is 379 g/mol. The van der Waals surface area contributed by atoms with Crippen LogP contribution in [-0.2, 0) is 6.30 Å². The molecule has 0 aliphatic heterocycles. The van der Waals surface area contributed by atoms with Crippen LogP contribution in [-0.4, -0.2) is 14.8 Å². The monoisotopic (exact) mass is 384 g/mol. The second kappa shape index (κ2) is 5.81. The molecular formula is C12H6Cl2F4N4S. The number of anilines is 1. The Hall–Kier alpha value is -1.58. The van der Waals surface area contributed by atoms with Crippen molar-refractivity contribution in [2.75, 3.05) is 4.72 Å². The molecule has 11 heteroatoms. The highest BCUT2D eigenvalue weighted by Crippen LogP contribution is 2.36. The van der Waals surface area contributed by atoms with E-state index in [0.29, 0.717) is 15.8 Å². The maximum atomic E-state index is 13.4. The molecule has 3 aromatic rings. The van der Waals surface area contributed by atoms with E-state index in [1.807, 2.05) is 0 Å². The molecule has 2 N–H and O–H groups in total. The van der Waals surface area contributed by atoms with Crippen molar-refractivity contribution >= 4 is 51.7 Å². The summed E-state index contributed by atoms with van der Waals surface area (Å²) in [5.74, 6) is -0.569. The first-order valence-electron chi connectivity index (χ1n) is 5.97. The lowest BCUT2D eigenvalue weighted by Gasteiger charge is -2.07. The van der Waals surface area contributed by atoms with E-state index < -0.39 is 17.3 Å². The molecule has 0 saturated heterocycles. The average molecular weight is 385 g/mol. The fourth-order valence-electron chi connectivity index (χ4n) is 1.89. The number of H-pyrrole nitrogens is 1. The van der Waals surface area contributed by atoms with E-state index in [0.717, 1.165) is 18.1 Å². The second-order valence-electron chi connectivity index (χ2n) is 4.37. The first kappa shape index (κ1) is 16.3. The third-order valence-electron chi connectivity index (χ3n) is 2.93. The van der Waals surface area contributed by atoms with Crippen molar-refractivity contribution in [1.82, 2.24) is 14.8 Å². The smallest absolute Gasteiger partial charge is 0.359 e. The molecule has 0 spiro atoms. The molecule has 0 aliphatic carbocycles. The largest absolute Gasteiger partial charge is 0.505 e. The molecule has 2 aromatic heterocycles. The Labute approximate surface area is 140 Å². The molecule has 4 nitrogen and oxygen atoms in total. The number of benzene rings is 1. The van der Waals surface area contributed by atoms with Gasteiger partial charge in [-0.3, -0.25) is 0 Å². The van der Waals surface area contributed by atoms with Crippen molar-refractivity contribution in [3.63, 3.8) is 0 Å².